The van der Waals surface area contributed by atoms with E-state index < -0.39 is 0 Å². The SMILES string of the molecule is CCCCCCCC1CCc2nc(-c3ccc(OCCC)cc3)ncc2C1. The summed E-state index contributed by atoms with van der Waals surface area (Å²) in [6.45, 7) is 5.15. The number of hydrogen-bond donors (Lipinski definition) is 0. The lowest BCUT2D eigenvalue weighted by molar-refractivity contribution is 0.317. The van der Waals surface area contributed by atoms with Gasteiger partial charge in [0.05, 0.1) is 6.61 Å². The van der Waals surface area contributed by atoms with Crippen LogP contribution in [-0.4, -0.2) is 16.6 Å². The van der Waals surface area contributed by atoms with Crippen LogP contribution in [0.4, 0.5) is 0 Å². The molecule has 0 fully saturated rings. The number of hydrogen-bond acceptors (Lipinski definition) is 3. The molecule has 0 radical (unpaired) electrons. The third-order valence-electron chi connectivity index (χ3n) is 5.55. The summed E-state index contributed by atoms with van der Waals surface area (Å²) in [7, 11) is 0. The number of nitrogens with zero attached hydrogens (tertiary/aromatic N) is 2. The lowest BCUT2D eigenvalue weighted by Crippen LogP contribution is -2.16. The molecule has 3 rings (SSSR count). The monoisotopic (exact) mass is 366 g/mol. The van der Waals surface area contributed by atoms with Crippen molar-refractivity contribution in [3.8, 4) is 17.1 Å². The predicted molar refractivity (Wildman–Crippen MR) is 112 cm³/mol. The number of ether oxygens (including phenoxy) is 1. The van der Waals surface area contributed by atoms with Gasteiger partial charge in [0.25, 0.3) is 0 Å². The summed E-state index contributed by atoms with van der Waals surface area (Å²) < 4.78 is 5.66. The minimum absolute atomic E-state index is 0.758. The molecule has 0 N–H and O–H groups in total. The Balaban J connectivity index is 1.56. The molecule has 0 spiro atoms. The summed E-state index contributed by atoms with van der Waals surface area (Å²) in [5.74, 6) is 2.58. The van der Waals surface area contributed by atoms with Crippen molar-refractivity contribution in [1.29, 1.82) is 0 Å². The fourth-order valence-electron chi connectivity index (χ4n) is 3.93. The topological polar surface area (TPSA) is 35.0 Å². The van der Waals surface area contributed by atoms with Crippen molar-refractivity contribution >= 4 is 0 Å². The van der Waals surface area contributed by atoms with Crippen LogP contribution in [0.3, 0.4) is 0 Å². The third-order valence-corrected chi connectivity index (χ3v) is 5.55. The molecule has 1 aromatic heterocycles. The van der Waals surface area contributed by atoms with Crippen molar-refractivity contribution in [1.82, 2.24) is 9.97 Å². The first-order valence-electron chi connectivity index (χ1n) is 10.9. The van der Waals surface area contributed by atoms with Crippen molar-refractivity contribution < 1.29 is 4.74 Å². The Morgan fingerprint density at radius 2 is 1.81 bits per heavy atom. The van der Waals surface area contributed by atoms with Gasteiger partial charge in [-0.3, -0.25) is 0 Å². The molecule has 3 heteroatoms. The molecule has 0 bridgehead atoms. The molecule has 1 aliphatic carbocycles. The molecular weight excluding hydrogens is 332 g/mol. The molecule has 3 nitrogen and oxygen atoms in total. The Morgan fingerprint density at radius 1 is 1.00 bits per heavy atom. The summed E-state index contributed by atoms with van der Waals surface area (Å²) in [6, 6.07) is 8.16. The van der Waals surface area contributed by atoms with Gasteiger partial charge in [0.1, 0.15) is 5.75 Å². The molecule has 1 aliphatic rings. The normalized spacial score (nSPS) is 16.1. The van der Waals surface area contributed by atoms with Gasteiger partial charge in [0.2, 0.25) is 0 Å². The maximum Gasteiger partial charge on any atom is 0.159 e. The van der Waals surface area contributed by atoms with E-state index in [0.29, 0.717) is 0 Å². The van der Waals surface area contributed by atoms with Crippen LogP contribution in [-0.2, 0) is 12.8 Å². The maximum absolute atomic E-state index is 5.66. The van der Waals surface area contributed by atoms with Gasteiger partial charge in [-0.15, -0.1) is 0 Å². The second-order valence-electron chi connectivity index (χ2n) is 7.85. The number of aromatic nitrogens is 2. The number of fused-ring (bicyclic) bond motifs is 1. The summed E-state index contributed by atoms with van der Waals surface area (Å²) in [5.41, 5.74) is 3.69. The molecule has 1 unspecified atom stereocenters. The van der Waals surface area contributed by atoms with Gasteiger partial charge in [-0.2, -0.15) is 0 Å². The second kappa shape index (κ2) is 10.4. The molecule has 0 aliphatic heterocycles. The zero-order valence-electron chi connectivity index (χ0n) is 17.0. The predicted octanol–water partition coefficient (Wildman–Crippen LogP) is 6.40. The Bertz CT molecular complexity index is 696. The smallest absolute Gasteiger partial charge is 0.159 e. The Kier molecular flexibility index (Phi) is 7.67. The van der Waals surface area contributed by atoms with E-state index in [1.807, 2.05) is 12.1 Å². The number of benzene rings is 1. The summed E-state index contributed by atoms with van der Waals surface area (Å²) in [5, 5.41) is 0. The van der Waals surface area contributed by atoms with Crippen LogP contribution < -0.4 is 4.74 Å². The second-order valence-corrected chi connectivity index (χ2v) is 7.85. The standard InChI is InChI=1S/C24H34N2O/c1-3-5-6-7-8-9-19-10-15-23-21(17-19)18-25-24(26-23)20-11-13-22(14-12-20)27-16-4-2/h11-14,18-19H,3-10,15-17H2,1-2H3. The van der Waals surface area contributed by atoms with Gasteiger partial charge < -0.3 is 4.74 Å². The van der Waals surface area contributed by atoms with E-state index in [1.54, 1.807) is 0 Å². The number of unbranched alkanes of at least 4 members (excludes halogenated alkanes) is 4. The van der Waals surface area contributed by atoms with Gasteiger partial charge in [0.15, 0.2) is 5.82 Å². The van der Waals surface area contributed by atoms with Crippen LogP contribution in [0, 0.1) is 5.92 Å². The molecule has 0 saturated carbocycles. The summed E-state index contributed by atoms with van der Waals surface area (Å²) in [4.78, 5) is 9.54. The van der Waals surface area contributed by atoms with E-state index in [2.05, 4.69) is 37.2 Å². The van der Waals surface area contributed by atoms with Crippen molar-refractivity contribution in [2.75, 3.05) is 6.61 Å². The van der Waals surface area contributed by atoms with Crippen molar-refractivity contribution in [2.24, 2.45) is 5.92 Å². The molecule has 0 saturated heterocycles. The highest BCUT2D eigenvalue weighted by Crippen LogP contribution is 2.29. The van der Waals surface area contributed by atoms with Crippen molar-refractivity contribution in [2.45, 2.75) is 78.1 Å². The largest absolute Gasteiger partial charge is 0.494 e. The van der Waals surface area contributed by atoms with Crippen LogP contribution in [0.25, 0.3) is 11.4 Å². The van der Waals surface area contributed by atoms with Crippen LogP contribution in [0.5, 0.6) is 5.75 Å². The quantitative estimate of drug-likeness (QED) is 0.456. The van der Waals surface area contributed by atoms with Gasteiger partial charge in [0, 0.05) is 17.5 Å². The molecule has 1 aromatic carbocycles. The highest BCUT2D eigenvalue weighted by molar-refractivity contribution is 5.56. The van der Waals surface area contributed by atoms with Gasteiger partial charge >= 0.3 is 0 Å². The first-order valence-corrected chi connectivity index (χ1v) is 10.9. The van der Waals surface area contributed by atoms with E-state index in [1.165, 1.54) is 56.2 Å². The molecule has 1 heterocycles. The number of rotatable bonds is 10. The molecule has 1 atom stereocenters. The first-order chi connectivity index (χ1) is 13.3. The number of aryl methyl sites for hydroxylation is 1. The molecule has 27 heavy (non-hydrogen) atoms. The van der Waals surface area contributed by atoms with Gasteiger partial charge in [-0.25, -0.2) is 9.97 Å². The average molecular weight is 367 g/mol. The molecular formula is C24H34N2O. The van der Waals surface area contributed by atoms with Crippen LogP contribution in [0.15, 0.2) is 30.5 Å². The average Bonchev–Trinajstić information content (AvgIpc) is 2.72. The molecule has 0 amide bonds. The van der Waals surface area contributed by atoms with E-state index in [-0.39, 0.29) is 0 Å². The lowest BCUT2D eigenvalue weighted by atomic mass is 9.84. The Labute approximate surface area is 164 Å². The summed E-state index contributed by atoms with van der Waals surface area (Å²) >= 11 is 0. The first kappa shape index (κ1) is 19.9. The van der Waals surface area contributed by atoms with Crippen molar-refractivity contribution in [3.63, 3.8) is 0 Å². The van der Waals surface area contributed by atoms with Gasteiger partial charge in [-0.1, -0.05) is 52.4 Å². The molecule has 2 aromatic rings. The van der Waals surface area contributed by atoms with Crippen molar-refractivity contribution in [3.05, 3.63) is 41.7 Å². The van der Waals surface area contributed by atoms with Crippen LogP contribution in [0.2, 0.25) is 0 Å². The fraction of sp³-hybridized carbons (Fsp3) is 0.583. The van der Waals surface area contributed by atoms with Gasteiger partial charge in [-0.05, 0) is 61.4 Å². The van der Waals surface area contributed by atoms with Crippen LogP contribution >= 0.6 is 0 Å². The minimum Gasteiger partial charge on any atom is -0.494 e. The van der Waals surface area contributed by atoms with E-state index in [0.717, 1.165) is 48.9 Å². The van der Waals surface area contributed by atoms with E-state index >= 15 is 0 Å². The Morgan fingerprint density at radius 3 is 2.59 bits per heavy atom. The zero-order valence-corrected chi connectivity index (χ0v) is 17.0. The maximum atomic E-state index is 5.66. The zero-order chi connectivity index (χ0) is 18.9. The summed E-state index contributed by atoms with van der Waals surface area (Å²) in [6.07, 6.45) is 14.9. The Hall–Kier alpha value is -1.90. The van der Waals surface area contributed by atoms with E-state index in [4.69, 9.17) is 9.72 Å². The lowest BCUT2D eigenvalue weighted by Gasteiger charge is -2.24. The van der Waals surface area contributed by atoms with E-state index in [9.17, 15) is 0 Å². The third kappa shape index (κ3) is 5.79. The highest BCUT2D eigenvalue weighted by Gasteiger charge is 2.20. The fourth-order valence-corrected chi connectivity index (χ4v) is 3.93. The highest BCUT2D eigenvalue weighted by atomic mass is 16.5. The molecule has 146 valence electrons. The minimum atomic E-state index is 0.758. The van der Waals surface area contributed by atoms with Crippen LogP contribution in [0.1, 0.15) is 76.5 Å².